The Kier molecular flexibility index (Phi) is 5.72. The van der Waals surface area contributed by atoms with Crippen LogP contribution in [0.1, 0.15) is 23.5 Å². The Balaban J connectivity index is 2.20. The number of hydrogen-bond acceptors (Lipinski definition) is 4. The van der Waals surface area contributed by atoms with E-state index < -0.39 is 18.0 Å². The van der Waals surface area contributed by atoms with Crippen molar-refractivity contribution in [2.24, 2.45) is 5.92 Å². The predicted molar refractivity (Wildman–Crippen MR) is 84.9 cm³/mol. The molecule has 2 aromatic rings. The molecule has 0 fully saturated rings. The second kappa shape index (κ2) is 7.76. The van der Waals surface area contributed by atoms with Gasteiger partial charge in [-0.1, -0.05) is 48.6 Å². The summed E-state index contributed by atoms with van der Waals surface area (Å²) < 4.78 is 5.07. The number of benzene rings is 1. The minimum Gasteiger partial charge on any atom is -0.465 e. The van der Waals surface area contributed by atoms with Crippen LogP contribution in [-0.2, 0) is 9.53 Å². The molecule has 0 amide bonds. The van der Waals surface area contributed by atoms with Crippen LogP contribution in [0.4, 0.5) is 0 Å². The highest BCUT2D eigenvalue weighted by atomic mass is 32.1. The van der Waals surface area contributed by atoms with Gasteiger partial charge in [0.15, 0.2) is 0 Å². The quantitative estimate of drug-likeness (QED) is 0.828. The minimum absolute atomic E-state index is 0.297. The average molecular weight is 302 g/mol. The van der Waals surface area contributed by atoms with Gasteiger partial charge in [-0.15, -0.1) is 11.3 Å². The minimum atomic E-state index is -0.885. The summed E-state index contributed by atoms with van der Waals surface area (Å²) in [5.41, 5.74) is 0.977. The maximum absolute atomic E-state index is 12.1. The number of carbonyl (C=O) groups is 1. The maximum atomic E-state index is 12.1. The smallest absolute Gasteiger partial charge is 0.315 e. The monoisotopic (exact) mass is 302 g/mol. The molecule has 21 heavy (non-hydrogen) atoms. The van der Waals surface area contributed by atoms with Crippen molar-refractivity contribution in [1.29, 1.82) is 0 Å². The highest BCUT2D eigenvalue weighted by Crippen LogP contribution is 2.28. The van der Waals surface area contributed by atoms with E-state index in [1.807, 2.05) is 53.9 Å². The molecule has 1 heterocycles. The zero-order chi connectivity index (χ0) is 15.1. The van der Waals surface area contributed by atoms with Crippen molar-refractivity contribution in [3.05, 3.63) is 64.4 Å². The lowest BCUT2D eigenvalue weighted by Crippen LogP contribution is -2.22. The lowest BCUT2D eigenvalue weighted by Gasteiger charge is -2.17. The molecular formula is C17H18O3S. The van der Waals surface area contributed by atoms with Crippen LogP contribution in [0, 0.1) is 5.92 Å². The standard InChI is InChI=1S/C17H18O3S/c1-2-20-17(19)14(16(18)15-9-6-12-21-15)11-10-13-7-4-3-5-8-13/h3-12,14,16,18H,2H2,1H3/b11-10+. The van der Waals surface area contributed by atoms with Crippen molar-refractivity contribution < 1.29 is 14.6 Å². The van der Waals surface area contributed by atoms with Crippen molar-refractivity contribution in [2.75, 3.05) is 6.61 Å². The van der Waals surface area contributed by atoms with E-state index in [2.05, 4.69) is 0 Å². The van der Waals surface area contributed by atoms with Gasteiger partial charge in [-0.05, 0) is 23.9 Å². The maximum Gasteiger partial charge on any atom is 0.315 e. The molecule has 0 aliphatic rings. The Morgan fingerprint density at radius 3 is 2.67 bits per heavy atom. The SMILES string of the molecule is CCOC(=O)C(/C=C/c1ccccc1)C(O)c1cccs1. The Bertz CT molecular complexity index is 575. The van der Waals surface area contributed by atoms with Gasteiger partial charge in [0.1, 0.15) is 12.0 Å². The van der Waals surface area contributed by atoms with E-state index >= 15 is 0 Å². The molecule has 2 atom stereocenters. The molecule has 2 unspecified atom stereocenters. The first-order chi connectivity index (χ1) is 10.2. The third kappa shape index (κ3) is 4.28. The number of carbonyl (C=O) groups excluding carboxylic acids is 1. The molecular weight excluding hydrogens is 284 g/mol. The van der Waals surface area contributed by atoms with Crippen molar-refractivity contribution >= 4 is 23.4 Å². The first kappa shape index (κ1) is 15.5. The summed E-state index contributed by atoms with van der Waals surface area (Å²) in [6, 6.07) is 13.3. The number of esters is 1. The number of thiophene rings is 1. The third-order valence-corrected chi connectivity index (χ3v) is 3.97. The molecule has 1 aromatic carbocycles. The Labute approximate surface area is 128 Å². The van der Waals surface area contributed by atoms with E-state index in [-0.39, 0.29) is 0 Å². The number of hydrogen-bond donors (Lipinski definition) is 1. The first-order valence-corrected chi connectivity index (χ1v) is 7.71. The number of ether oxygens (including phenoxy) is 1. The lowest BCUT2D eigenvalue weighted by atomic mass is 9.99. The Hall–Kier alpha value is -1.91. The number of aliphatic hydroxyl groups excluding tert-OH is 1. The zero-order valence-electron chi connectivity index (χ0n) is 11.8. The van der Waals surface area contributed by atoms with E-state index in [9.17, 15) is 9.90 Å². The summed E-state index contributed by atoms with van der Waals surface area (Å²) in [6.07, 6.45) is 2.65. The van der Waals surface area contributed by atoms with Crippen LogP contribution < -0.4 is 0 Å². The van der Waals surface area contributed by atoms with Crippen LogP contribution in [-0.4, -0.2) is 17.7 Å². The zero-order valence-corrected chi connectivity index (χ0v) is 12.6. The van der Waals surface area contributed by atoms with Crippen molar-refractivity contribution in [3.63, 3.8) is 0 Å². The highest BCUT2D eigenvalue weighted by Gasteiger charge is 2.27. The van der Waals surface area contributed by atoms with Gasteiger partial charge in [0, 0.05) is 4.88 Å². The van der Waals surface area contributed by atoms with E-state index in [0.717, 1.165) is 10.4 Å². The van der Waals surface area contributed by atoms with Gasteiger partial charge >= 0.3 is 5.97 Å². The van der Waals surface area contributed by atoms with Gasteiger partial charge in [-0.3, -0.25) is 4.79 Å². The molecule has 0 saturated heterocycles. The second-order valence-electron chi connectivity index (χ2n) is 4.51. The number of aliphatic hydroxyl groups is 1. The normalized spacial score (nSPS) is 14.0. The van der Waals surface area contributed by atoms with Gasteiger partial charge in [-0.25, -0.2) is 0 Å². The van der Waals surface area contributed by atoms with Gasteiger partial charge < -0.3 is 9.84 Å². The highest BCUT2D eigenvalue weighted by molar-refractivity contribution is 7.10. The Morgan fingerprint density at radius 2 is 2.05 bits per heavy atom. The van der Waals surface area contributed by atoms with Crippen LogP contribution in [0.2, 0.25) is 0 Å². The van der Waals surface area contributed by atoms with Gasteiger partial charge in [0.25, 0.3) is 0 Å². The molecule has 3 nitrogen and oxygen atoms in total. The van der Waals surface area contributed by atoms with Gasteiger partial charge in [0.2, 0.25) is 0 Å². The molecule has 2 rings (SSSR count). The summed E-state index contributed by atoms with van der Waals surface area (Å²) in [7, 11) is 0. The van der Waals surface area contributed by atoms with Crippen molar-refractivity contribution in [3.8, 4) is 0 Å². The molecule has 0 saturated carbocycles. The first-order valence-electron chi connectivity index (χ1n) is 6.83. The molecule has 1 aromatic heterocycles. The lowest BCUT2D eigenvalue weighted by molar-refractivity contribution is -0.149. The molecule has 0 aliphatic heterocycles. The van der Waals surface area contributed by atoms with Crippen LogP contribution in [0.15, 0.2) is 53.9 Å². The van der Waals surface area contributed by atoms with E-state index in [1.54, 1.807) is 13.0 Å². The van der Waals surface area contributed by atoms with Crippen LogP contribution in [0.5, 0.6) is 0 Å². The summed E-state index contributed by atoms with van der Waals surface area (Å²) in [5.74, 6) is -1.12. The fraction of sp³-hybridized carbons (Fsp3) is 0.235. The predicted octanol–water partition coefficient (Wildman–Crippen LogP) is 3.67. The Morgan fingerprint density at radius 1 is 1.29 bits per heavy atom. The topological polar surface area (TPSA) is 46.5 Å². The van der Waals surface area contributed by atoms with E-state index in [1.165, 1.54) is 11.3 Å². The van der Waals surface area contributed by atoms with Crippen LogP contribution in [0.3, 0.4) is 0 Å². The molecule has 1 N–H and O–H groups in total. The van der Waals surface area contributed by atoms with Crippen LogP contribution in [0.25, 0.3) is 6.08 Å². The largest absolute Gasteiger partial charge is 0.465 e. The fourth-order valence-corrected chi connectivity index (χ4v) is 2.72. The fourth-order valence-electron chi connectivity index (χ4n) is 1.97. The van der Waals surface area contributed by atoms with E-state index in [4.69, 9.17) is 4.74 Å². The second-order valence-corrected chi connectivity index (χ2v) is 5.49. The number of rotatable bonds is 6. The summed E-state index contributed by atoms with van der Waals surface area (Å²) in [5, 5.41) is 12.3. The third-order valence-electron chi connectivity index (χ3n) is 3.03. The molecule has 4 heteroatoms. The summed E-state index contributed by atoms with van der Waals surface area (Å²) in [4.78, 5) is 12.8. The summed E-state index contributed by atoms with van der Waals surface area (Å²) >= 11 is 1.42. The van der Waals surface area contributed by atoms with E-state index in [0.29, 0.717) is 6.61 Å². The van der Waals surface area contributed by atoms with Crippen molar-refractivity contribution in [2.45, 2.75) is 13.0 Å². The summed E-state index contributed by atoms with van der Waals surface area (Å²) in [6.45, 7) is 2.05. The molecule has 0 radical (unpaired) electrons. The van der Waals surface area contributed by atoms with Gasteiger partial charge in [0.05, 0.1) is 6.61 Å². The molecule has 0 spiro atoms. The molecule has 0 bridgehead atoms. The average Bonchev–Trinajstić information content (AvgIpc) is 3.03. The molecule has 0 aliphatic carbocycles. The molecule has 110 valence electrons. The van der Waals surface area contributed by atoms with Crippen molar-refractivity contribution in [1.82, 2.24) is 0 Å². The van der Waals surface area contributed by atoms with Crippen LogP contribution >= 0.6 is 11.3 Å². The van der Waals surface area contributed by atoms with Gasteiger partial charge in [-0.2, -0.15) is 0 Å².